The van der Waals surface area contributed by atoms with Gasteiger partial charge >= 0.3 is 12.2 Å². The molecule has 2 amide bonds. The van der Waals surface area contributed by atoms with Crippen molar-refractivity contribution < 1.29 is 22.4 Å². The third-order valence-corrected chi connectivity index (χ3v) is 6.90. The van der Waals surface area contributed by atoms with Gasteiger partial charge in [-0.05, 0) is 49.6 Å². The molecule has 3 heterocycles. The number of hydrazine groups is 1. The van der Waals surface area contributed by atoms with Gasteiger partial charge in [0, 0.05) is 44.1 Å². The maximum absolute atomic E-state index is 14.0. The summed E-state index contributed by atoms with van der Waals surface area (Å²) in [7, 11) is 1.82. The molecule has 1 aliphatic heterocycles. The number of anilines is 3. The number of amides is 2. The summed E-state index contributed by atoms with van der Waals surface area (Å²) in [6, 6.07) is 7.66. The van der Waals surface area contributed by atoms with Crippen LogP contribution in [0.25, 0.3) is 22.3 Å². The van der Waals surface area contributed by atoms with Gasteiger partial charge in [-0.2, -0.15) is 23.3 Å². The third-order valence-electron chi connectivity index (χ3n) is 6.90. The standard InChI is InChI=1S/C28H30F4N8O/c1-3-4-15-40(39-13-5-6-14-39)26-33-17-21-24(37-38(2)25(21)36-26)18-7-10-20(11-8-18)34-27(41)35-23-16-19(28(30,31)32)9-12-22(23)29/h7-12,16-17H,3-6,13-15H2,1-2H3,(H2,34,35,41). The molecule has 0 aliphatic carbocycles. The summed E-state index contributed by atoms with van der Waals surface area (Å²) < 4.78 is 54.6. The van der Waals surface area contributed by atoms with E-state index in [-0.39, 0.29) is 0 Å². The first-order valence-corrected chi connectivity index (χ1v) is 13.4. The number of alkyl halides is 3. The number of urea groups is 1. The Labute approximate surface area is 234 Å². The van der Waals surface area contributed by atoms with Crippen molar-refractivity contribution in [2.45, 2.75) is 38.8 Å². The average molecular weight is 571 g/mol. The summed E-state index contributed by atoms with van der Waals surface area (Å²) in [6.45, 7) is 4.96. The van der Waals surface area contributed by atoms with E-state index in [0.29, 0.717) is 41.2 Å². The van der Waals surface area contributed by atoms with Crippen molar-refractivity contribution >= 4 is 34.4 Å². The van der Waals surface area contributed by atoms with Gasteiger partial charge in [-0.25, -0.2) is 23.9 Å². The Hall–Kier alpha value is -4.26. The van der Waals surface area contributed by atoms with Gasteiger partial charge in [0.25, 0.3) is 0 Å². The summed E-state index contributed by atoms with van der Waals surface area (Å²) in [4.78, 5) is 21.9. The molecule has 1 aliphatic rings. The van der Waals surface area contributed by atoms with E-state index >= 15 is 0 Å². The molecule has 0 radical (unpaired) electrons. The summed E-state index contributed by atoms with van der Waals surface area (Å²) in [5, 5.41) is 14.5. The van der Waals surface area contributed by atoms with Crippen molar-refractivity contribution in [2.24, 2.45) is 7.05 Å². The van der Waals surface area contributed by atoms with Crippen LogP contribution in [0.2, 0.25) is 0 Å². The minimum atomic E-state index is -4.67. The van der Waals surface area contributed by atoms with Gasteiger partial charge in [0.1, 0.15) is 11.5 Å². The lowest BCUT2D eigenvalue weighted by Gasteiger charge is -2.31. The lowest BCUT2D eigenvalue weighted by molar-refractivity contribution is -0.137. The van der Waals surface area contributed by atoms with E-state index in [1.54, 1.807) is 35.1 Å². The number of nitrogens with zero attached hydrogens (tertiary/aromatic N) is 6. The highest BCUT2D eigenvalue weighted by Gasteiger charge is 2.31. The van der Waals surface area contributed by atoms with Gasteiger partial charge in [-0.3, -0.25) is 5.01 Å². The first kappa shape index (κ1) is 28.3. The second kappa shape index (κ2) is 11.7. The van der Waals surface area contributed by atoms with Crippen molar-refractivity contribution in [2.75, 3.05) is 35.3 Å². The molecule has 2 aromatic heterocycles. The number of carbonyl (C=O) groups is 1. The van der Waals surface area contributed by atoms with E-state index in [2.05, 4.69) is 37.7 Å². The Kier molecular flexibility index (Phi) is 8.06. The van der Waals surface area contributed by atoms with Crippen LogP contribution in [0, 0.1) is 5.82 Å². The van der Waals surface area contributed by atoms with Crippen molar-refractivity contribution in [1.29, 1.82) is 0 Å². The molecule has 2 N–H and O–H groups in total. The number of aryl methyl sites for hydroxylation is 1. The Balaban J connectivity index is 1.32. The first-order chi connectivity index (χ1) is 19.6. The zero-order chi connectivity index (χ0) is 29.1. The quantitative estimate of drug-likeness (QED) is 0.237. The van der Waals surface area contributed by atoms with E-state index in [1.165, 1.54) is 0 Å². The minimum absolute atomic E-state index is 0.356. The van der Waals surface area contributed by atoms with E-state index in [0.717, 1.165) is 56.3 Å². The summed E-state index contributed by atoms with van der Waals surface area (Å²) in [5.74, 6) is -0.338. The normalized spacial score (nSPS) is 14.0. The van der Waals surface area contributed by atoms with Gasteiger partial charge < -0.3 is 10.6 Å². The molecule has 0 atom stereocenters. The maximum Gasteiger partial charge on any atom is 0.416 e. The fourth-order valence-electron chi connectivity index (χ4n) is 4.78. The number of halogens is 4. The summed E-state index contributed by atoms with van der Waals surface area (Å²) in [5.41, 5.74) is 0.819. The molecular weight excluding hydrogens is 540 g/mol. The Morgan fingerprint density at radius 1 is 1.07 bits per heavy atom. The predicted molar refractivity (Wildman–Crippen MR) is 149 cm³/mol. The molecule has 0 bridgehead atoms. The Bertz CT molecular complexity index is 1530. The number of rotatable bonds is 8. The van der Waals surface area contributed by atoms with Gasteiger partial charge in [-0.1, -0.05) is 25.5 Å². The van der Waals surface area contributed by atoms with Crippen LogP contribution >= 0.6 is 0 Å². The molecule has 13 heteroatoms. The smallest absolute Gasteiger partial charge is 0.308 e. The molecule has 0 saturated carbocycles. The molecule has 4 aromatic rings. The van der Waals surface area contributed by atoms with E-state index in [1.807, 2.05) is 7.05 Å². The van der Waals surface area contributed by atoms with Crippen LogP contribution in [0.4, 0.5) is 39.7 Å². The number of carbonyl (C=O) groups excluding carboxylic acids is 1. The second-order valence-corrected chi connectivity index (χ2v) is 9.87. The molecule has 1 fully saturated rings. The van der Waals surface area contributed by atoms with E-state index in [9.17, 15) is 22.4 Å². The van der Waals surface area contributed by atoms with Crippen molar-refractivity contribution in [3.8, 4) is 11.3 Å². The molecule has 216 valence electrons. The van der Waals surface area contributed by atoms with Gasteiger partial charge in [-0.15, -0.1) is 0 Å². The second-order valence-electron chi connectivity index (χ2n) is 9.87. The predicted octanol–water partition coefficient (Wildman–Crippen LogP) is 6.45. The number of hydrogen-bond acceptors (Lipinski definition) is 6. The van der Waals surface area contributed by atoms with Crippen LogP contribution in [0.1, 0.15) is 38.2 Å². The van der Waals surface area contributed by atoms with Crippen LogP contribution in [-0.4, -0.2) is 50.4 Å². The van der Waals surface area contributed by atoms with Crippen molar-refractivity contribution in [3.63, 3.8) is 0 Å². The molecule has 1 saturated heterocycles. The number of fused-ring (bicyclic) bond motifs is 1. The number of hydrogen-bond donors (Lipinski definition) is 2. The molecule has 2 aromatic carbocycles. The van der Waals surface area contributed by atoms with Crippen LogP contribution in [-0.2, 0) is 13.2 Å². The molecule has 41 heavy (non-hydrogen) atoms. The van der Waals surface area contributed by atoms with Crippen LogP contribution in [0.3, 0.4) is 0 Å². The molecular formula is C28H30F4N8O. The monoisotopic (exact) mass is 570 g/mol. The van der Waals surface area contributed by atoms with Crippen LogP contribution < -0.4 is 15.6 Å². The molecule has 0 unspecified atom stereocenters. The zero-order valence-corrected chi connectivity index (χ0v) is 22.7. The van der Waals surface area contributed by atoms with Gasteiger partial charge in [0.15, 0.2) is 5.65 Å². The van der Waals surface area contributed by atoms with E-state index in [4.69, 9.17) is 4.98 Å². The van der Waals surface area contributed by atoms with Crippen LogP contribution in [0.15, 0.2) is 48.7 Å². The summed E-state index contributed by atoms with van der Waals surface area (Å²) >= 11 is 0. The minimum Gasteiger partial charge on any atom is -0.308 e. The van der Waals surface area contributed by atoms with E-state index < -0.39 is 29.3 Å². The highest BCUT2D eigenvalue weighted by Crippen LogP contribution is 2.32. The maximum atomic E-state index is 14.0. The fourth-order valence-corrected chi connectivity index (χ4v) is 4.78. The fraction of sp³-hybridized carbons (Fsp3) is 0.357. The highest BCUT2D eigenvalue weighted by molar-refractivity contribution is 6.00. The molecule has 9 nitrogen and oxygen atoms in total. The number of benzene rings is 2. The Morgan fingerprint density at radius 2 is 1.80 bits per heavy atom. The SMILES string of the molecule is CCCCN(c1ncc2c(-c3ccc(NC(=O)Nc4cc(C(F)(F)F)ccc4F)cc3)nn(C)c2n1)N1CCCC1. The first-order valence-electron chi connectivity index (χ1n) is 13.4. The van der Waals surface area contributed by atoms with Crippen molar-refractivity contribution in [1.82, 2.24) is 24.8 Å². The number of nitrogens with one attached hydrogen (secondary N) is 2. The van der Waals surface area contributed by atoms with Crippen LogP contribution in [0.5, 0.6) is 0 Å². The van der Waals surface area contributed by atoms with Gasteiger partial charge in [0.2, 0.25) is 5.95 Å². The topological polar surface area (TPSA) is 91.2 Å². The highest BCUT2D eigenvalue weighted by atomic mass is 19.4. The lowest BCUT2D eigenvalue weighted by atomic mass is 10.1. The molecule has 0 spiro atoms. The lowest BCUT2D eigenvalue weighted by Crippen LogP contribution is -2.42. The summed E-state index contributed by atoms with van der Waals surface area (Å²) in [6.07, 6.45) is 1.50. The zero-order valence-electron chi connectivity index (χ0n) is 22.7. The number of aromatic nitrogens is 4. The van der Waals surface area contributed by atoms with Crippen molar-refractivity contribution in [3.05, 3.63) is 60.0 Å². The Morgan fingerprint density at radius 3 is 2.49 bits per heavy atom. The molecule has 5 rings (SSSR count). The largest absolute Gasteiger partial charge is 0.416 e. The van der Waals surface area contributed by atoms with Gasteiger partial charge in [0.05, 0.1) is 16.6 Å². The third kappa shape index (κ3) is 6.24. The number of unbranched alkanes of at least 4 members (excludes halogenated alkanes) is 1. The average Bonchev–Trinajstić information content (AvgIpc) is 3.58.